The molecule has 2 rings (SSSR count). The molecule has 0 aliphatic carbocycles. The molecular weight excluding hydrogens is 312 g/mol. The molecular formula is C9H6BrClFN5. The molecule has 0 spiro atoms. The van der Waals surface area contributed by atoms with E-state index in [1.165, 1.54) is 12.1 Å². The Morgan fingerprint density at radius 2 is 2.06 bits per heavy atom. The second kappa shape index (κ2) is 4.80. The zero-order valence-electron chi connectivity index (χ0n) is 8.28. The van der Waals surface area contributed by atoms with Gasteiger partial charge in [-0.15, -0.1) is 0 Å². The lowest BCUT2D eigenvalue weighted by Gasteiger charge is -2.05. The number of anilines is 3. The van der Waals surface area contributed by atoms with Gasteiger partial charge in [0, 0.05) is 5.69 Å². The lowest BCUT2D eigenvalue weighted by molar-refractivity contribution is 0.621. The molecule has 0 saturated heterocycles. The maximum atomic E-state index is 13.0. The van der Waals surface area contributed by atoms with Crippen molar-refractivity contribution >= 4 is 45.1 Å². The van der Waals surface area contributed by atoms with Gasteiger partial charge in [0.2, 0.25) is 17.2 Å². The van der Waals surface area contributed by atoms with Crippen LogP contribution in [-0.4, -0.2) is 15.0 Å². The first-order valence-electron chi connectivity index (χ1n) is 4.44. The number of rotatable bonds is 2. The molecule has 0 amide bonds. The Labute approximate surface area is 109 Å². The van der Waals surface area contributed by atoms with Crippen molar-refractivity contribution in [2.45, 2.75) is 0 Å². The van der Waals surface area contributed by atoms with Crippen LogP contribution in [-0.2, 0) is 0 Å². The number of nitrogens with two attached hydrogens (primary N) is 1. The van der Waals surface area contributed by atoms with Crippen LogP contribution in [0.3, 0.4) is 0 Å². The third-order valence-corrected chi connectivity index (χ3v) is 2.58. The van der Waals surface area contributed by atoms with Gasteiger partial charge in [-0.1, -0.05) is 0 Å². The number of nitrogens with zero attached hydrogens (tertiary/aromatic N) is 3. The number of aromatic nitrogens is 3. The van der Waals surface area contributed by atoms with E-state index in [0.29, 0.717) is 10.2 Å². The van der Waals surface area contributed by atoms with E-state index in [1.54, 1.807) is 6.07 Å². The molecule has 1 heterocycles. The molecule has 0 fully saturated rings. The molecule has 0 unspecified atom stereocenters. The summed E-state index contributed by atoms with van der Waals surface area (Å²) in [5.41, 5.74) is 6.01. The van der Waals surface area contributed by atoms with Crippen molar-refractivity contribution < 1.29 is 4.39 Å². The van der Waals surface area contributed by atoms with Gasteiger partial charge in [0.15, 0.2) is 0 Å². The Balaban J connectivity index is 2.28. The lowest BCUT2D eigenvalue weighted by atomic mass is 10.3. The summed E-state index contributed by atoms with van der Waals surface area (Å²) in [6.07, 6.45) is 0. The molecule has 0 bridgehead atoms. The third-order valence-electron chi connectivity index (χ3n) is 1.80. The highest BCUT2D eigenvalue weighted by Crippen LogP contribution is 2.22. The Hall–Kier alpha value is -1.47. The van der Waals surface area contributed by atoms with Crippen molar-refractivity contribution in [1.29, 1.82) is 0 Å². The summed E-state index contributed by atoms with van der Waals surface area (Å²) in [4.78, 5) is 11.3. The van der Waals surface area contributed by atoms with Crippen molar-refractivity contribution in [2.75, 3.05) is 11.1 Å². The highest BCUT2D eigenvalue weighted by molar-refractivity contribution is 9.10. The van der Waals surface area contributed by atoms with E-state index >= 15 is 0 Å². The average molecular weight is 319 g/mol. The number of hydrogen-bond acceptors (Lipinski definition) is 5. The Bertz CT molecular complexity index is 545. The third kappa shape index (κ3) is 3.01. The molecule has 5 nitrogen and oxygen atoms in total. The first-order chi connectivity index (χ1) is 8.04. The fourth-order valence-corrected chi connectivity index (χ4v) is 1.67. The van der Waals surface area contributed by atoms with E-state index in [0.717, 1.165) is 0 Å². The van der Waals surface area contributed by atoms with Crippen LogP contribution in [0, 0.1) is 5.82 Å². The molecule has 0 aliphatic heterocycles. The summed E-state index contributed by atoms with van der Waals surface area (Å²) in [7, 11) is 0. The smallest absolute Gasteiger partial charge is 0.233 e. The van der Waals surface area contributed by atoms with E-state index in [4.69, 9.17) is 17.3 Å². The van der Waals surface area contributed by atoms with Crippen LogP contribution in [0.2, 0.25) is 5.28 Å². The highest BCUT2D eigenvalue weighted by atomic mass is 79.9. The van der Waals surface area contributed by atoms with Crippen molar-refractivity contribution in [3.8, 4) is 0 Å². The summed E-state index contributed by atoms with van der Waals surface area (Å²) < 4.78 is 13.3. The predicted octanol–water partition coefficient (Wildman–Crippen LogP) is 2.75. The van der Waals surface area contributed by atoms with E-state index in [1.807, 2.05) is 0 Å². The van der Waals surface area contributed by atoms with Crippen LogP contribution in [0.25, 0.3) is 0 Å². The second-order valence-electron chi connectivity index (χ2n) is 3.04. The van der Waals surface area contributed by atoms with Crippen molar-refractivity contribution in [1.82, 2.24) is 15.0 Å². The molecule has 3 N–H and O–H groups in total. The van der Waals surface area contributed by atoms with Gasteiger partial charge in [-0.3, -0.25) is 0 Å². The van der Waals surface area contributed by atoms with Gasteiger partial charge >= 0.3 is 0 Å². The molecule has 1 aromatic heterocycles. The molecule has 0 saturated carbocycles. The summed E-state index contributed by atoms with van der Waals surface area (Å²) in [5.74, 6) is -0.154. The van der Waals surface area contributed by atoms with Gasteiger partial charge in [0.25, 0.3) is 0 Å². The Morgan fingerprint density at radius 3 is 2.71 bits per heavy atom. The fraction of sp³-hybridized carbons (Fsp3) is 0. The van der Waals surface area contributed by atoms with Crippen LogP contribution in [0.5, 0.6) is 0 Å². The average Bonchev–Trinajstić information content (AvgIpc) is 2.22. The molecule has 8 heteroatoms. The minimum absolute atomic E-state index is 0.00803. The van der Waals surface area contributed by atoms with Gasteiger partial charge in [-0.2, -0.15) is 15.0 Å². The maximum absolute atomic E-state index is 13.0. The normalized spacial score (nSPS) is 10.3. The highest BCUT2D eigenvalue weighted by Gasteiger charge is 2.05. The Morgan fingerprint density at radius 1 is 1.29 bits per heavy atom. The zero-order chi connectivity index (χ0) is 12.4. The van der Waals surface area contributed by atoms with Gasteiger partial charge in [-0.25, -0.2) is 4.39 Å². The number of benzene rings is 1. The summed E-state index contributed by atoms with van der Waals surface area (Å²) >= 11 is 8.69. The zero-order valence-corrected chi connectivity index (χ0v) is 10.6. The summed E-state index contributed by atoms with van der Waals surface area (Å²) in [6.45, 7) is 0. The second-order valence-corrected chi connectivity index (χ2v) is 4.23. The van der Waals surface area contributed by atoms with Gasteiger partial charge in [0.05, 0.1) is 4.47 Å². The number of nitrogens with one attached hydrogen (secondary N) is 1. The van der Waals surface area contributed by atoms with Gasteiger partial charge in [0.1, 0.15) is 5.82 Å². The summed E-state index contributed by atoms with van der Waals surface area (Å²) in [5, 5.41) is 2.82. The topological polar surface area (TPSA) is 76.7 Å². The quantitative estimate of drug-likeness (QED) is 0.890. The van der Waals surface area contributed by atoms with Crippen molar-refractivity contribution in [3.05, 3.63) is 33.8 Å². The summed E-state index contributed by atoms with van der Waals surface area (Å²) in [6, 6.07) is 4.38. The van der Waals surface area contributed by atoms with Crippen LogP contribution in [0.1, 0.15) is 0 Å². The van der Waals surface area contributed by atoms with Crippen LogP contribution >= 0.6 is 27.5 Å². The molecule has 2 aromatic rings. The fourth-order valence-electron chi connectivity index (χ4n) is 1.12. The van der Waals surface area contributed by atoms with Crippen molar-refractivity contribution in [2.24, 2.45) is 0 Å². The molecule has 17 heavy (non-hydrogen) atoms. The molecule has 0 atom stereocenters. The SMILES string of the molecule is Nc1nc(Cl)nc(Nc2ccc(F)c(Br)c2)n1. The van der Waals surface area contributed by atoms with Crippen LogP contribution in [0.4, 0.5) is 22.0 Å². The maximum Gasteiger partial charge on any atom is 0.233 e. The monoisotopic (exact) mass is 317 g/mol. The van der Waals surface area contributed by atoms with Gasteiger partial charge in [-0.05, 0) is 45.7 Å². The Kier molecular flexibility index (Phi) is 3.39. The van der Waals surface area contributed by atoms with E-state index < -0.39 is 0 Å². The molecule has 1 aromatic carbocycles. The van der Waals surface area contributed by atoms with Crippen LogP contribution in [0.15, 0.2) is 22.7 Å². The van der Waals surface area contributed by atoms with E-state index in [9.17, 15) is 4.39 Å². The first-order valence-corrected chi connectivity index (χ1v) is 5.61. The predicted molar refractivity (Wildman–Crippen MR) is 66.6 cm³/mol. The van der Waals surface area contributed by atoms with Gasteiger partial charge < -0.3 is 11.1 Å². The molecule has 0 radical (unpaired) electrons. The van der Waals surface area contributed by atoms with E-state index in [-0.39, 0.29) is 23.0 Å². The number of hydrogen-bond donors (Lipinski definition) is 2. The van der Waals surface area contributed by atoms with Crippen molar-refractivity contribution in [3.63, 3.8) is 0 Å². The van der Waals surface area contributed by atoms with E-state index in [2.05, 4.69) is 36.2 Å². The minimum Gasteiger partial charge on any atom is -0.368 e. The number of halogens is 3. The molecule has 0 aliphatic rings. The largest absolute Gasteiger partial charge is 0.368 e. The molecule has 88 valence electrons. The van der Waals surface area contributed by atoms with Crippen LogP contribution < -0.4 is 11.1 Å². The standard InChI is InChI=1S/C9H6BrClFN5/c10-5-3-4(1-2-6(5)12)14-9-16-7(11)15-8(13)17-9/h1-3H,(H3,13,14,15,16,17). The lowest BCUT2D eigenvalue weighted by Crippen LogP contribution is -2.03. The first kappa shape index (κ1) is 12.0. The number of nitrogen functional groups attached to an aromatic ring is 1. The minimum atomic E-state index is -0.358.